The van der Waals surface area contributed by atoms with Crippen LogP contribution >= 0.6 is 12.2 Å². The molecule has 3 heterocycles. The Labute approximate surface area is 192 Å². The Morgan fingerprint density at radius 2 is 1.97 bits per heavy atom. The average Bonchev–Trinajstić information content (AvgIpc) is 3.29. The number of carbonyl (C=O) groups is 1. The van der Waals surface area contributed by atoms with Gasteiger partial charge in [0, 0.05) is 24.1 Å². The van der Waals surface area contributed by atoms with Gasteiger partial charge in [0.1, 0.15) is 0 Å². The Kier molecular flexibility index (Phi) is 6.25. The molecule has 0 radical (unpaired) electrons. The fraction of sp³-hybridized carbons (Fsp3) is 0.292. The number of aryl methyl sites for hydroxylation is 1. The van der Waals surface area contributed by atoms with Crippen LogP contribution < -0.4 is 5.32 Å². The standard InChI is InChI=1S/C24H26N4O3S/c1-15-14-18(16(2)28(15)20-10-5-4-8-17(20)23(30)31-3)22-21(19-9-6-7-11-25-19)26-24(32)27(22)12-13-29/h4-11,14,21-22,29H,12-13H2,1-3H3,(H,26,32)/t21-,22+/m1/s1. The van der Waals surface area contributed by atoms with E-state index in [0.717, 1.165) is 28.3 Å². The number of esters is 1. The maximum atomic E-state index is 12.4. The van der Waals surface area contributed by atoms with E-state index in [1.54, 1.807) is 12.3 Å². The summed E-state index contributed by atoms with van der Waals surface area (Å²) in [5.74, 6) is -0.383. The zero-order valence-corrected chi connectivity index (χ0v) is 19.1. The molecule has 32 heavy (non-hydrogen) atoms. The molecule has 1 aliphatic rings. The van der Waals surface area contributed by atoms with Crippen molar-refractivity contribution in [2.75, 3.05) is 20.3 Å². The summed E-state index contributed by atoms with van der Waals surface area (Å²) in [4.78, 5) is 19.0. The fourth-order valence-corrected chi connectivity index (χ4v) is 4.83. The number of rotatable bonds is 6. The molecule has 1 saturated heterocycles. The summed E-state index contributed by atoms with van der Waals surface area (Å²) in [7, 11) is 1.38. The predicted molar refractivity (Wildman–Crippen MR) is 126 cm³/mol. The van der Waals surface area contributed by atoms with Crippen molar-refractivity contribution in [3.63, 3.8) is 0 Å². The molecule has 0 amide bonds. The van der Waals surface area contributed by atoms with Crippen LogP contribution in [0.1, 0.15) is 45.1 Å². The molecule has 1 aromatic carbocycles. The van der Waals surface area contributed by atoms with Gasteiger partial charge in [0.25, 0.3) is 0 Å². The minimum atomic E-state index is -0.383. The average molecular weight is 451 g/mol. The number of aliphatic hydroxyl groups is 1. The number of nitrogens with zero attached hydrogens (tertiary/aromatic N) is 3. The largest absolute Gasteiger partial charge is 0.465 e. The van der Waals surface area contributed by atoms with Gasteiger partial charge in [0.05, 0.1) is 42.7 Å². The zero-order chi connectivity index (χ0) is 22.8. The van der Waals surface area contributed by atoms with Crippen molar-refractivity contribution >= 4 is 23.3 Å². The van der Waals surface area contributed by atoms with Gasteiger partial charge >= 0.3 is 5.97 Å². The van der Waals surface area contributed by atoms with Gasteiger partial charge in [-0.1, -0.05) is 18.2 Å². The third-order valence-electron chi connectivity index (χ3n) is 5.88. The summed E-state index contributed by atoms with van der Waals surface area (Å²) < 4.78 is 7.06. The molecule has 4 rings (SSSR count). The number of nitrogens with one attached hydrogen (secondary N) is 1. The van der Waals surface area contributed by atoms with E-state index in [1.807, 2.05) is 55.1 Å². The summed E-state index contributed by atoms with van der Waals surface area (Å²) in [5, 5.41) is 13.7. The first-order valence-corrected chi connectivity index (χ1v) is 10.8. The second-order valence-electron chi connectivity index (χ2n) is 7.71. The number of carbonyl (C=O) groups excluding carboxylic acids is 1. The molecule has 2 N–H and O–H groups in total. The van der Waals surface area contributed by atoms with E-state index in [-0.39, 0.29) is 24.7 Å². The monoisotopic (exact) mass is 450 g/mol. The molecule has 0 aliphatic carbocycles. The quantitative estimate of drug-likeness (QED) is 0.441. The summed E-state index contributed by atoms with van der Waals surface area (Å²) in [6, 6.07) is 15.0. The Morgan fingerprint density at radius 3 is 2.66 bits per heavy atom. The normalized spacial score (nSPS) is 18.0. The second kappa shape index (κ2) is 9.10. The Hall–Kier alpha value is -3.23. The number of methoxy groups -OCH3 is 1. The number of pyridine rings is 1. The van der Waals surface area contributed by atoms with E-state index in [1.165, 1.54) is 7.11 Å². The summed E-state index contributed by atoms with van der Waals surface area (Å²) in [6.07, 6.45) is 1.77. The van der Waals surface area contributed by atoms with Crippen molar-refractivity contribution in [3.05, 3.63) is 82.9 Å². The Balaban J connectivity index is 1.86. The number of hydrogen-bond acceptors (Lipinski definition) is 5. The number of hydrogen-bond donors (Lipinski definition) is 2. The number of aromatic nitrogens is 2. The molecule has 7 nitrogen and oxygen atoms in total. The molecule has 166 valence electrons. The van der Waals surface area contributed by atoms with Crippen LogP contribution in [-0.4, -0.2) is 50.9 Å². The SMILES string of the molecule is COC(=O)c1ccccc1-n1c(C)cc([C@H]2[C@@H](c3ccccn3)NC(=S)N2CCO)c1C. The molecule has 1 fully saturated rings. The van der Waals surface area contributed by atoms with Crippen molar-refractivity contribution in [2.24, 2.45) is 0 Å². The number of ether oxygens (including phenoxy) is 1. The molecule has 1 aliphatic heterocycles. The first-order chi connectivity index (χ1) is 15.5. The third kappa shape index (κ3) is 3.76. The summed E-state index contributed by atoms with van der Waals surface area (Å²) in [6.45, 7) is 4.43. The van der Waals surface area contributed by atoms with E-state index in [2.05, 4.69) is 20.9 Å². The molecule has 3 aromatic rings. The zero-order valence-electron chi connectivity index (χ0n) is 18.3. The van der Waals surface area contributed by atoms with E-state index >= 15 is 0 Å². The Morgan fingerprint density at radius 1 is 1.22 bits per heavy atom. The number of benzene rings is 1. The lowest BCUT2D eigenvalue weighted by Gasteiger charge is -2.27. The number of β-amino-alcohol motifs (C(OH)–C–C–N with tert-alkyl or cyclic N) is 1. The summed E-state index contributed by atoms with van der Waals surface area (Å²) in [5.41, 5.74) is 5.16. The molecule has 0 bridgehead atoms. The lowest BCUT2D eigenvalue weighted by Crippen LogP contribution is -2.32. The lowest BCUT2D eigenvalue weighted by molar-refractivity contribution is 0.0600. The van der Waals surface area contributed by atoms with Crippen molar-refractivity contribution < 1.29 is 14.6 Å². The van der Waals surface area contributed by atoms with Gasteiger partial charge in [-0.25, -0.2) is 4.79 Å². The number of aliphatic hydroxyl groups excluding tert-OH is 1. The third-order valence-corrected chi connectivity index (χ3v) is 6.23. The van der Waals surface area contributed by atoms with E-state index in [9.17, 15) is 9.90 Å². The molecule has 2 aromatic heterocycles. The van der Waals surface area contributed by atoms with Crippen LogP contribution in [0.4, 0.5) is 0 Å². The molecule has 2 atom stereocenters. The van der Waals surface area contributed by atoms with Gasteiger partial charge in [-0.3, -0.25) is 4.98 Å². The van der Waals surface area contributed by atoms with Crippen molar-refractivity contribution in [3.8, 4) is 5.69 Å². The van der Waals surface area contributed by atoms with Crippen LogP contribution in [0, 0.1) is 13.8 Å². The highest BCUT2D eigenvalue weighted by Crippen LogP contribution is 2.41. The first-order valence-electron chi connectivity index (χ1n) is 10.4. The summed E-state index contributed by atoms with van der Waals surface area (Å²) >= 11 is 5.62. The van der Waals surface area contributed by atoms with E-state index in [0.29, 0.717) is 17.2 Å². The van der Waals surface area contributed by atoms with Crippen LogP contribution in [0.25, 0.3) is 5.69 Å². The number of thiocarbonyl (C=S) groups is 1. The van der Waals surface area contributed by atoms with E-state index in [4.69, 9.17) is 17.0 Å². The molecule has 0 saturated carbocycles. The predicted octanol–water partition coefficient (Wildman–Crippen LogP) is 3.24. The topological polar surface area (TPSA) is 79.6 Å². The first kappa shape index (κ1) is 22.0. The minimum absolute atomic E-state index is 0.0167. The molecule has 8 heteroatoms. The number of para-hydroxylation sites is 1. The highest BCUT2D eigenvalue weighted by molar-refractivity contribution is 7.80. The van der Waals surface area contributed by atoms with E-state index < -0.39 is 0 Å². The highest BCUT2D eigenvalue weighted by Gasteiger charge is 2.41. The van der Waals surface area contributed by atoms with Crippen molar-refractivity contribution in [1.82, 2.24) is 19.8 Å². The Bertz CT molecular complexity index is 1150. The maximum absolute atomic E-state index is 12.4. The second-order valence-corrected chi connectivity index (χ2v) is 8.10. The van der Waals surface area contributed by atoms with Gasteiger partial charge < -0.3 is 24.6 Å². The minimum Gasteiger partial charge on any atom is -0.465 e. The lowest BCUT2D eigenvalue weighted by atomic mass is 9.97. The fourth-order valence-electron chi connectivity index (χ4n) is 4.50. The van der Waals surface area contributed by atoms with Crippen LogP contribution in [0.15, 0.2) is 54.7 Å². The molecular formula is C24H26N4O3S. The van der Waals surface area contributed by atoms with Gasteiger partial charge in [0.15, 0.2) is 5.11 Å². The molecule has 0 unspecified atom stereocenters. The van der Waals surface area contributed by atoms with Crippen molar-refractivity contribution in [2.45, 2.75) is 25.9 Å². The van der Waals surface area contributed by atoms with Crippen LogP contribution in [0.5, 0.6) is 0 Å². The van der Waals surface area contributed by atoms with Gasteiger partial charge in [-0.2, -0.15) is 0 Å². The molecule has 0 spiro atoms. The van der Waals surface area contributed by atoms with Gasteiger partial charge in [-0.15, -0.1) is 0 Å². The van der Waals surface area contributed by atoms with Crippen LogP contribution in [0.2, 0.25) is 0 Å². The molecular weight excluding hydrogens is 424 g/mol. The van der Waals surface area contributed by atoms with Crippen LogP contribution in [-0.2, 0) is 4.74 Å². The van der Waals surface area contributed by atoms with Crippen molar-refractivity contribution in [1.29, 1.82) is 0 Å². The van der Waals surface area contributed by atoms with Gasteiger partial charge in [-0.05, 0) is 62.0 Å². The maximum Gasteiger partial charge on any atom is 0.339 e. The smallest absolute Gasteiger partial charge is 0.339 e. The van der Waals surface area contributed by atoms with Gasteiger partial charge in [0.2, 0.25) is 0 Å². The highest BCUT2D eigenvalue weighted by atomic mass is 32.1. The van der Waals surface area contributed by atoms with Crippen LogP contribution in [0.3, 0.4) is 0 Å².